The van der Waals surface area contributed by atoms with Crippen molar-refractivity contribution >= 4 is 29.3 Å². The number of fused-ring (bicyclic) bond motifs is 1. The van der Waals surface area contributed by atoms with Gasteiger partial charge in [0.1, 0.15) is 0 Å². The third-order valence-corrected chi connectivity index (χ3v) is 4.53. The molecular weight excluding hydrogens is 308 g/mol. The lowest BCUT2D eigenvalue weighted by atomic mass is 10.1. The number of hydrogen-bond donors (Lipinski definition) is 2. The Morgan fingerprint density at radius 3 is 2.87 bits per heavy atom. The molecule has 118 valence electrons. The summed E-state index contributed by atoms with van der Waals surface area (Å²) >= 11 is 6.03. The van der Waals surface area contributed by atoms with E-state index in [0.29, 0.717) is 5.56 Å². The molecule has 0 fully saturated rings. The maximum Gasteiger partial charge on any atom is 0.251 e. The molecule has 23 heavy (non-hydrogen) atoms. The Morgan fingerprint density at radius 1 is 1.30 bits per heavy atom. The number of rotatable bonds is 4. The van der Waals surface area contributed by atoms with Crippen molar-refractivity contribution in [3.63, 3.8) is 0 Å². The van der Waals surface area contributed by atoms with Crippen molar-refractivity contribution in [1.82, 2.24) is 5.32 Å². The van der Waals surface area contributed by atoms with Crippen LogP contribution in [0.25, 0.3) is 6.08 Å². The van der Waals surface area contributed by atoms with Crippen LogP contribution in [-0.2, 0) is 6.42 Å². The zero-order valence-corrected chi connectivity index (χ0v) is 13.8. The molecule has 0 spiro atoms. The van der Waals surface area contributed by atoms with Crippen LogP contribution < -0.4 is 10.6 Å². The first-order valence-electron chi connectivity index (χ1n) is 7.66. The number of benzene rings is 2. The highest BCUT2D eigenvalue weighted by Gasteiger charge is 2.24. The lowest BCUT2D eigenvalue weighted by Gasteiger charge is -2.15. The van der Waals surface area contributed by atoms with Crippen LogP contribution in [0.5, 0.6) is 0 Å². The average Bonchev–Trinajstić information content (AvgIpc) is 2.96. The van der Waals surface area contributed by atoms with Crippen molar-refractivity contribution in [2.75, 3.05) is 12.4 Å². The van der Waals surface area contributed by atoms with Crippen LogP contribution in [0.2, 0.25) is 5.02 Å². The Morgan fingerprint density at radius 2 is 2.13 bits per heavy atom. The molecule has 0 aliphatic heterocycles. The summed E-state index contributed by atoms with van der Waals surface area (Å²) in [5.41, 5.74) is 4.90. The number of nitrogens with one attached hydrogen (secondary N) is 2. The first kappa shape index (κ1) is 15.6. The smallest absolute Gasteiger partial charge is 0.251 e. The summed E-state index contributed by atoms with van der Waals surface area (Å²) in [6.07, 6.45) is 3.62. The van der Waals surface area contributed by atoms with Crippen LogP contribution in [0, 0.1) is 0 Å². The first-order valence-corrected chi connectivity index (χ1v) is 8.03. The molecule has 2 aromatic rings. The summed E-state index contributed by atoms with van der Waals surface area (Å²) < 4.78 is 0. The van der Waals surface area contributed by atoms with Gasteiger partial charge in [0.15, 0.2) is 0 Å². The highest BCUT2D eigenvalue weighted by molar-refractivity contribution is 6.30. The standard InChI is InChI=1S/C19H19ClN2O/c1-3-12-4-5-14(11-18(12)21-2)19(23)22-17-9-6-13-10-15(20)7-8-16(13)17/h3-5,7-8,10-11,17,21H,1,6,9H2,2H3,(H,22,23)/t17-/m1/s1. The van der Waals surface area contributed by atoms with Gasteiger partial charge in [-0.25, -0.2) is 0 Å². The van der Waals surface area contributed by atoms with E-state index in [1.54, 1.807) is 6.08 Å². The predicted octanol–water partition coefficient (Wildman–Crippen LogP) is 4.44. The molecule has 3 nitrogen and oxygen atoms in total. The third kappa shape index (κ3) is 3.10. The van der Waals surface area contributed by atoms with Crippen molar-refractivity contribution in [3.8, 4) is 0 Å². The Kier molecular flexibility index (Phi) is 4.39. The molecule has 0 saturated heterocycles. The van der Waals surface area contributed by atoms with Crippen LogP contribution in [-0.4, -0.2) is 13.0 Å². The van der Waals surface area contributed by atoms with Gasteiger partial charge in [-0.1, -0.05) is 36.4 Å². The van der Waals surface area contributed by atoms with Crippen LogP contribution in [0.15, 0.2) is 43.0 Å². The Balaban J connectivity index is 1.80. The van der Waals surface area contributed by atoms with Crippen LogP contribution in [0.1, 0.15) is 39.5 Å². The molecule has 1 aliphatic carbocycles. The predicted molar refractivity (Wildman–Crippen MR) is 96.1 cm³/mol. The third-order valence-electron chi connectivity index (χ3n) is 4.29. The van der Waals surface area contributed by atoms with E-state index in [-0.39, 0.29) is 11.9 Å². The molecule has 0 aromatic heterocycles. The van der Waals surface area contributed by atoms with E-state index in [1.165, 1.54) is 11.1 Å². The molecule has 1 atom stereocenters. The zero-order chi connectivity index (χ0) is 16.4. The van der Waals surface area contributed by atoms with Crippen molar-refractivity contribution in [2.45, 2.75) is 18.9 Å². The summed E-state index contributed by atoms with van der Waals surface area (Å²) in [4.78, 5) is 12.6. The van der Waals surface area contributed by atoms with Gasteiger partial charge in [0.2, 0.25) is 0 Å². The van der Waals surface area contributed by atoms with Gasteiger partial charge < -0.3 is 10.6 Å². The van der Waals surface area contributed by atoms with E-state index in [0.717, 1.165) is 29.1 Å². The molecule has 1 aliphatic rings. The molecule has 1 amide bonds. The highest BCUT2D eigenvalue weighted by Crippen LogP contribution is 2.33. The number of carbonyl (C=O) groups excluding carboxylic acids is 1. The fourth-order valence-corrected chi connectivity index (χ4v) is 3.26. The summed E-state index contributed by atoms with van der Waals surface area (Å²) in [5.74, 6) is -0.0649. The maximum atomic E-state index is 12.6. The molecule has 0 unspecified atom stereocenters. The number of amides is 1. The first-order chi connectivity index (χ1) is 11.1. The van der Waals surface area contributed by atoms with Gasteiger partial charge in [-0.2, -0.15) is 0 Å². The number of anilines is 1. The molecule has 0 saturated carbocycles. The zero-order valence-electron chi connectivity index (χ0n) is 13.0. The molecule has 2 aromatic carbocycles. The Hall–Kier alpha value is -2.26. The normalized spacial score (nSPS) is 15.8. The average molecular weight is 327 g/mol. The lowest BCUT2D eigenvalue weighted by molar-refractivity contribution is 0.0937. The van der Waals surface area contributed by atoms with E-state index >= 15 is 0 Å². The Labute approximate surface area is 141 Å². The largest absolute Gasteiger partial charge is 0.388 e. The summed E-state index contributed by atoms with van der Waals surface area (Å²) in [6, 6.07) is 11.5. The molecular formula is C19H19ClN2O. The fraction of sp³-hybridized carbons (Fsp3) is 0.211. The molecule has 2 N–H and O–H groups in total. The summed E-state index contributed by atoms with van der Waals surface area (Å²) in [5, 5.41) is 6.96. The van der Waals surface area contributed by atoms with E-state index in [1.807, 2.05) is 43.4 Å². The molecule has 0 bridgehead atoms. The Bertz CT molecular complexity index is 770. The van der Waals surface area contributed by atoms with Crippen molar-refractivity contribution in [1.29, 1.82) is 0 Å². The highest BCUT2D eigenvalue weighted by atomic mass is 35.5. The van der Waals surface area contributed by atoms with Gasteiger partial charge in [0, 0.05) is 23.3 Å². The van der Waals surface area contributed by atoms with Crippen molar-refractivity contribution in [3.05, 3.63) is 70.3 Å². The van der Waals surface area contributed by atoms with E-state index in [4.69, 9.17) is 11.6 Å². The van der Waals surface area contributed by atoms with Crippen molar-refractivity contribution < 1.29 is 4.79 Å². The monoisotopic (exact) mass is 326 g/mol. The SMILES string of the molecule is C=Cc1ccc(C(=O)N[C@@H]2CCc3cc(Cl)ccc32)cc1NC. The van der Waals surface area contributed by atoms with E-state index < -0.39 is 0 Å². The molecule has 0 heterocycles. The van der Waals surface area contributed by atoms with Gasteiger partial charge in [0.25, 0.3) is 5.91 Å². The lowest BCUT2D eigenvalue weighted by Crippen LogP contribution is -2.27. The number of hydrogen-bond acceptors (Lipinski definition) is 2. The topological polar surface area (TPSA) is 41.1 Å². The summed E-state index contributed by atoms with van der Waals surface area (Å²) in [6.45, 7) is 3.78. The van der Waals surface area contributed by atoms with Gasteiger partial charge in [-0.15, -0.1) is 0 Å². The van der Waals surface area contributed by atoms with Crippen LogP contribution in [0.4, 0.5) is 5.69 Å². The minimum absolute atomic E-state index is 0.0480. The maximum absolute atomic E-state index is 12.6. The summed E-state index contributed by atoms with van der Waals surface area (Å²) in [7, 11) is 1.83. The number of halogens is 1. The number of carbonyl (C=O) groups is 1. The second-order valence-corrected chi connectivity index (χ2v) is 6.10. The van der Waals surface area contributed by atoms with E-state index in [9.17, 15) is 4.79 Å². The molecule has 0 radical (unpaired) electrons. The quantitative estimate of drug-likeness (QED) is 0.872. The van der Waals surface area contributed by atoms with Crippen LogP contribution >= 0.6 is 11.6 Å². The van der Waals surface area contributed by atoms with Crippen LogP contribution in [0.3, 0.4) is 0 Å². The second-order valence-electron chi connectivity index (χ2n) is 5.66. The van der Waals surface area contributed by atoms with Gasteiger partial charge in [-0.3, -0.25) is 4.79 Å². The van der Waals surface area contributed by atoms with Gasteiger partial charge in [0.05, 0.1) is 6.04 Å². The fourth-order valence-electron chi connectivity index (χ4n) is 3.07. The van der Waals surface area contributed by atoms with Gasteiger partial charge in [-0.05, 0) is 53.8 Å². The van der Waals surface area contributed by atoms with Gasteiger partial charge >= 0.3 is 0 Å². The minimum Gasteiger partial charge on any atom is -0.388 e. The minimum atomic E-state index is -0.0649. The van der Waals surface area contributed by atoms with Crippen molar-refractivity contribution in [2.24, 2.45) is 0 Å². The molecule has 3 rings (SSSR count). The number of aryl methyl sites for hydroxylation is 1. The second kappa shape index (κ2) is 6.47. The van der Waals surface area contributed by atoms with E-state index in [2.05, 4.69) is 17.2 Å². The molecule has 4 heteroatoms.